The van der Waals surface area contributed by atoms with Crippen LogP contribution in [0.2, 0.25) is 0 Å². The second-order valence-corrected chi connectivity index (χ2v) is 6.95. The molecule has 0 spiro atoms. The Labute approximate surface area is 164 Å². The lowest BCUT2D eigenvalue weighted by Gasteiger charge is -2.21. The fourth-order valence-electron chi connectivity index (χ4n) is 3.65. The van der Waals surface area contributed by atoms with E-state index < -0.39 is 46.6 Å². The van der Waals surface area contributed by atoms with E-state index >= 15 is 0 Å². The summed E-state index contributed by atoms with van der Waals surface area (Å²) in [4.78, 5) is 21.6. The van der Waals surface area contributed by atoms with Crippen molar-refractivity contribution in [2.24, 2.45) is 0 Å². The number of imidazole rings is 1. The summed E-state index contributed by atoms with van der Waals surface area (Å²) >= 11 is 0. The van der Waals surface area contributed by atoms with Crippen LogP contribution in [0, 0.1) is 0 Å². The Morgan fingerprint density at radius 3 is 2.50 bits per heavy atom. The van der Waals surface area contributed by atoms with E-state index in [1.165, 1.54) is 11.0 Å². The second kappa shape index (κ2) is 6.83. The van der Waals surface area contributed by atoms with E-state index in [4.69, 9.17) is 0 Å². The van der Waals surface area contributed by atoms with Crippen LogP contribution in [0.5, 0.6) is 0 Å². The van der Waals surface area contributed by atoms with Gasteiger partial charge >= 0.3 is 12.4 Å². The number of nitrogens with zero attached hydrogens (tertiary/aromatic N) is 4. The van der Waals surface area contributed by atoms with Gasteiger partial charge in [0.15, 0.2) is 0 Å². The number of halogens is 6. The van der Waals surface area contributed by atoms with Crippen LogP contribution in [0.4, 0.5) is 26.3 Å². The molecule has 12 heteroatoms. The minimum Gasteiger partial charge on any atom is -0.394 e. The van der Waals surface area contributed by atoms with Crippen molar-refractivity contribution in [3.8, 4) is 0 Å². The Kier molecular flexibility index (Phi) is 4.64. The average molecular weight is 432 g/mol. The molecule has 0 aliphatic carbocycles. The fourth-order valence-corrected chi connectivity index (χ4v) is 3.65. The second-order valence-electron chi connectivity index (χ2n) is 6.95. The Balaban J connectivity index is 1.92. The Morgan fingerprint density at radius 2 is 1.87 bits per heavy atom. The number of hydrogen-bond donors (Lipinski definition) is 1. The zero-order valence-corrected chi connectivity index (χ0v) is 15.1. The van der Waals surface area contributed by atoms with E-state index in [0.717, 1.165) is 16.7 Å². The number of carbonyl (C=O) groups is 1. The van der Waals surface area contributed by atoms with Crippen LogP contribution < -0.4 is 0 Å². The molecule has 4 heterocycles. The van der Waals surface area contributed by atoms with Gasteiger partial charge in [0.25, 0.3) is 5.91 Å². The lowest BCUT2D eigenvalue weighted by atomic mass is 10.1. The van der Waals surface area contributed by atoms with Crippen molar-refractivity contribution in [1.29, 1.82) is 0 Å². The van der Waals surface area contributed by atoms with Crippen molar-refractivity contribution in [1.82, 2.24) is 19.3 Å². The highest BCUT2D eigenvalue weighted by atomic mass is 19.4. The zero-order valence-electron chi connectivity index (χ0n) is 15.1. The largest absolute Gasteiger partial charge is 0.433 e. The van der Waals surface area contributed by atoms with Crippen LogP contribution >= 0.6 is 0 Å². The molecular weight excluding hydrogens is 418 g/mol. The number of alkyl halides is 6. The molecular formula is C18H14F6N4O2. The van der Waals surface area contributed by atoms with E-state index in [1.807, 2.05) is 0 Å². The smallest absolute Gasteiger partial charge is 0.394 e. The molecule has 6 nitrogen and oxygen atoms in total. The summed E-state index contributed by atoms with van der Waals surface area (Å²) in [5.41, 5.74) is -3.97. The van der Waals surface area contributed by atoms with Crippen molar-refractivity contribution in [2.75, 3.05) is 13.2 Å². The topological polar surface area (TPSA) is 70.7 Å². The normalized spacial score (nSPS) is 18.0. The number of amides is 1. The molecule has 30 heavy (non-hydrogen) atoms. The van der Waals surface area contributed by atoms with Gasteiger partial charge in [-0.25, -0.2) is 9.97 Å². The molecule has 0 aromatic carbocycles. The molecule has 4 rings (SSSR count). The van der Waals surface area contributed by atoms with Crippen LogP contribution in [-0.2, 0) is 12.4 Å². The standard InChI is InChI=1S/C18H14F6N4O2/c19-17(20,21)11-6-13(18(22,23)24)26-15-10(11)3-4-14-25-12(7-28(14)15)16(30)27-5-1-2-9(27)8-29/h3-4,6-7,9,29H,1-2,5,8H2. The molecule has 0 saturated carbocycles. The van der Waals surface area contributed by atoms with Crippen LogP contribution in [0.3, 0.4) is 0 Å². The number of likely N-dealkylation sites (tertiary alicyclic amines) is 1. The molecule has 1 atom stereocenters. The van der Waals surface area contributed by atoms with Gasteiger partial charge in [0, 0.05) is 18.1 Å². The van der Waals surface area contributed by atoms with Crippen LogP contribution in [0.15, 0.2) is 24.4 Å². The maximum absolute atomic E-state index is 13.4. The summed E-state index contributed by atoms with van der Waals surface area (Å²) in [7, 11) is 0. The summed E-state index contributed by atoms with van der Waals surface area (Å²) < 4.78 is 80.6. The Hall–Kier alpha value is -2.89. The highest BCUT2D eigenvalue weighted by Gasteiger charge is 2.40. The van der Waals surface area contributed by atoms with Crippen molar-refractivity contribution in [3.05, 3.63) is 41.3 Å². The molecule has 1 saturated heterocycles. The minimum atomic E-state index is -5.10. The summed E-state index contributed by atoms with van der Waals surface area (Å²) in [6.07, 6.45) is -7.82. The van der Waals surface area contributed by atoms with Crippen LogP contribution in [-0.4, -0.2) is 49.5 Å². The SMILES string of the molecule is O=C(c1cn2c(ccc3c(C(F)(F)F)cc(C(F)(F)F)nc32)n1)N1CCCC1CO. The van der Waals surface area contributed by atoms with Crippen molar-refractivity contribution >= 4 is 22.6 Å². The summed E-state index contributed by atoms with van der Waals surface area (Å²) in [5.74, 6) is -0.563. The van der Waals surface area contributed by atoms with Crippen molar-refractivity contribution in [3.63, 3.8) is 0 Å². The maximum atomic E-state index is 13.4. The fraction of sp³-hybridized carbons (Fsp3) is 0.389. The number of hydrogen-bond acceptors (Lipinski definition) is 4. The van der Waals surface area contributed by atoms with Gasteiger partial charge in [0.2, 0.25) is 0 Å². The van der Waals surface area contributed by atoms with Crippen molar-refractivity contribution in [2.45, 2.75) is 31.2 Å². The Morgan fingerprint density at radius 1 is 1.13 bits per heavy atom. The molecule has 0 bridgehead atoms. The lowest BCUT2D eigenvalue weighted by Crippen LogP contribution is -2.37. The van der Waals surface area contributed by atoms with E-state index in [-0.39, 0.29) is 24.0 Å². The molecule has 1 N–H and O–H groups in total. The number of aromatic nitrogens is 3. The van der Waals surface area contributed by atoms with E-state index in [2.05, 4.69) is 9.97 Å². The molecule has 1 aliphatic rings. The highest BCUT2D eigenvalue weighted by Crippen LogP contribution is 2.38. The third-order valence-electron chi connectivity index (χ3n) is 5.06. The predicted molar refractivity (Wildman–Crippen MR) is 91.6 cm³/mol. The van der Waals surface area contributed by atoms with Gasteiger partial charge in [0.05, 0.1) is 18.2 Å². The number of pyridine rings is 2. The number of rotatable bonds is 2. The summed E-state index contributed by atoms with van der Waals surface area (Å²) in [6.45, 7) is 0.112. The highest BCUT2D eigenvalue weighted by molar-refractivity contribution is 5.94. The zero-order chi connectivity index (χ0) is 21.8. The molecule has 1 aliphatic heterocycles. The van der Waals surface area contributed by atoms with Gasteiger partial charge in [-0.15, -0.1) is 0 Å². The third kappa shape index (κ3) is 3.34. The minimum absolute atomic E-state index is 0.0226. The molecule has 160 valence electrons. The first-order chi connectivity index (χ1) is 14.0. The molecule has 3 aromatic heterocycles. The predicted octanol–water partition coefficient (Wildman–Crippen LogP) is 3.52. The van der Waals surface area contributed by atoms with E-state index in [1.54, 1.807) is 0 Å². The molecule has 1 fully saturated rings. The first-order valence-corrected chi connectivity index (χ1v) is 8.90. The van der Waals surface area contributed by atoms with E-state index in [0.29, 0.717) is 19.4 Å². The first-order valence-electron chi connectivity index (χ1n) is 8.90. The van der Waals surface area contributed by atoms with Gasteiger partial charge in [-0.05, 0) is 31.0 Å². The maximum Gasteiger partial charge on any atom is 0.433 e. The Bertz CT molecular complexity index is 1140. The van der Waals surface area contributed by atoms with Gasteiger partial charge < -0.3 is 10.0 Å². The van der Waals surface area contributed by atoms with Crippen LogP contribution in [0.1, 0.15) is 34.6 Å². The molecule has 0 radical (unpaired) electrons. The summed E-state index contributed by atoms with van der Waals surface area (Å²) in [5, 5.41) is 8.84. The molecule has 3 aromatic rings. The number of aliphatic hydroxyl groups excluding tert-OH is 1. The summed E-state index contributed by atoms with van der Waals surface area (Å²) in [6, 6.07) is 1.71. The molecule has 1 unspecified atom stereocenters. The number of carbonyl (C=O) groups excluding carboxylic acids is 1. The van der Waals surface area contributed by atoms with Gasteiger partial charge in [-0.2, -0.15) is 26.3 Å². The number of aliphatic hydroxyl groups is 1. The van der Waals surface area contributed by atoms with Crippen LogP contribution in [0.25, 0.3) is 16.7 Å². The van der Waals surface area contributed by atoms with Gasteiger partial charge in [-0.1, -0.05) is 0 Å². The van der Waals surface area contributed by atoms with Gasteiger partial charge in [-0.3, -0.25) is 9.20 Å². The van der Waals surface area contributed by atoms with E-state index in [9.17, 15) is 36.2 Å². The first kappa shape index (κ1) is 20.4. The van der Waals surface area contributed by atoms with Crippen molar-refractivity contribution < 1.29 is 36.2 Å². The molecule has 1 amide bonds. The average Bonchev–Trinajstić information content (AvgIpc) is 3.31. The quantitative estimate of drug-likeness (QED) is 0.630. The third-order valence-corrected chi connectivity index (χ3v) is 5.06. The number of fused-ring (bicyclic) bond motifs is 3. The monoisotopic (exact) mass is 432 g/mol. The van der Waals surface area contributed by atoms with Gasteiger partial charge in [0.1, 0.15) is 22.7 Å². The lowest BCUT2D eigenvalue weighted by molar-refractivity contribution is -0.144.